The van der Waals surface area contributed by atoms with Crippen LogP contribution >= 0.6 is 0 Å². The number of carbonyl (C=O) groups excluding carboxylic acids is 5. The van der Waals surface area contributed by atoms with Crippen molar-refractivity contribution in [2.24, 2.45) is 29.4 Å². The van der Waals surface area contributed by atoms with Crippen molar-refractivity contribution < 1.29 is 58.7 Å². The number of carboxylic acids is 2. The molecule has 73 heavy (non-hydrogen) atoms. The number of alkyl carbamates (subject to hydrolysis) is 1. The highest BCUT2D eigenvalue weighted by Gasteiger charge is 2.31. The third-order valence-electron chi connectivity index (χ3n) is 11.8. The van der Waals surface area contributed by atoms with Crippen LogP contribution < -0.4 is 38.1 Å². The third-order valence-corrected chi connectivity index (χ3v) is 11.8. The van der Waals surface area contributed by atoms with E-state index in [1.165, 1.54) is 13.8 Å². The number of ether oxygens (including phenoxy) is 1. The smallest absolute Gasteiger partial charge is 0.407 e. The SMILES string of the molecule is CC(C)[C@H](C)C(=O)N[C@@H](C)C(=O)O.CC(C)[C@H](N)C(=O)N[C@@H](C)C(=O)O.CC(C)[C@H](NC(=O)OCC1c2ccccc2-c2ccccc21)C(=O)N[C@@H](C)C(=O)Nc1ccc(CO)cc1.Nc1ccc(CO)cc1. The van der Waals surface area contributed by atoms with Crippen molar-refractivity contribution in [2.45, 2.75) is 119 Å². The fourth-order valence-electron chi connectivity index (χ4n) is 6.62. The highest BCUT2D eigenvalue weighted by molar-refractivity contribution is 5.98. The highest BCUT2D eigenvalue weighted by atomic mass is 16.5. The zero-order valence-electron chi connectivity index (χ0n) is 43.3. The predicted octanol–water partition coefficient (Wildman–Crippen LogP) is 5.37. The molecule has 0 aromatic heterocycles. The summed E-state index contributed by atoms with van der Waals surface area (Å²) in [7, 11) is 0. The van der Waals surface area contributed by atoms with Gasteiger partial charge in [0.1, 0.15) is 30.8 Å². The Bertz CT molecular complexity index is 2340. The number of benzene rings is 4. The topological polar surface area (TPSA) is 322 Å². The number of hydrogen-bond acceptors (Lipinski definition) is 12. The summed E-state index contributed by atoms with van der Waals surface area (Å²) < 4.78 is 5.59. The number of carboxylic acid groups (broad SMARTS) is 2. The molecule has 0 saturated carbocycles. The fourth-order valence-corrected chi connectivity index (χ4v) is 6.62. The fraction of sp³-hybridized carbons (Fsp3) is 0.426. The number of nitrogens with one attached hydrogen (secondary N) is 5. The maximum Gasteiger partial charge on any atom is 0.407 e. The summed E-state index contributed by atoms with van der Waals surface area (Å²) >= 11 is 0. The van der Waals surface area contributed by atoms with Crippen LogP contribution in [-0.2, 0) is 46.7 Å². The number of aliphatic hydroxyl groups is 2. The van der Waals surface area contributed by atoms with E-state index in [0.717, 1.165) is 39.1 Å². The van der Waals surface area contributed by atoms with E-state index in [4.69, 9.17) is 36.6 Å². The summed E-state index contributed by atoms with van der Waals surface area (Å²) in [6.45, 7) is 17.4. The molecule has 4 aromatic carbocycles. The number of anilines is 2. The summed E-state index contributed by atoms with van der Waals surface area (Å²) in [6, 6.07) is 25.9. The van der Waals surface area contributed by atoms with Crippen molar-refractivity contribution >= 4 is 53.0 Å². The molecule has 19 nitrogen and oxygen atoms in total. The van der Waals surface area contributed by atoms with Gasteiger partial charge in [-0.15, -0.1) is 0 Å². The molecule has 0 saturated heterocycles. The Kier molecular flexibility index (Phi) is 25.8. The van der Waals surface area contributed by atoms with E-state index in [9.17, 15) is 33.6 Å². The van der Waals surface area contributed by atoms with Crippen LogP contribution in [0.2, 0.25) is 0 Å². The molecule has 19 heteroatoms. The predicted molar refractivity (Wildman–Crippen MR) is 280 cm³/mol. The lowest BCUT2D eigenvalue weighted by molar-refractivity contribution is -0.142. The number of amides is 5. The summed E-state index contributed by atoms with van der Waals surface area (Å²) in [4.78, 5) is 81.6. The molecular weight excluding hydrogens is 939 g/mol. The van der Waals surface area contributed by atoms with E-state index >= 15 is 0 Å². The second kappa shape index (κ2) is 30.5. The lowest BCUT2D eigenvalue weighted by Gasteiger charge is -2.24. The third kappa shape index (κ3) is 20.4. The van der Waals surface area contributed by atoms with Crippen LogP contribution in [0.5, 0.6) is 0 Å². The average molecular weight is 1010 g/mol. The Morgan fingerprint density at radius 2 is 0.973 bits per heavy atom. The summed E-state index contributed by atoms with van der Waals surface area (Å²) in [5.74, 6) is -3.84. The van der Waals surface area contributed by atoms with Gasteiger partial charge in [-0.25, -0.2) is 4.79 Å². The van der Waals surface area contributed by atoms with Crippen LogP contribution in [0, 0.1) is 23.7 Å². The van der Waals surface area contributed by atoms with Crippen LogP contribution in [0.3, 0.4) is 0 Å². The first-order chi connectivity index (χ1) is 34.3. The first-order valence-corrected chi connectivity index (χ1v) is 24.0. The van der Waals surface area contributed by atoms with Crippen molar-refractivity contribution in [3.8, 4) is 11.1 Å². The second-order valence-corrected chi connectivity index (χ2v) is 18.6. The van der Waals surface area contributed by atoms with Gasteiger partial charge in [-0.3, -0.25) is 28.8 Å². The molecule has 0 fully saturated rings. The summed E-state index contributed by atoms with van der Waals surface area (Å²) in [5.41, 5.74) is 18.3. The van der Waals surface area contributed by atoms with Crippen LogP contribution in [0.4, 0.5) is 16.2 Å². The number of hydrogen-bond donors (Lipinski definition) is 11. The first kappa shape index (κ1) is 61.8. The van der Waals surface area contributed by atoms with Gasteiger partial charge in [-0.05, 0) is 96.2 Å². The molecule has 5 amide bonds. The van der Waals surface area contributed by atoms with Gasteiger partial charge in [-0.1, -0.05) is 121 Å². The van der Waals surface area contributed by atoms with Crippen molar-refractivity contribution in [3.05, 3.63) is 119 Å². The van der Waals surface area contributed by atoms with Gasteiger partial charge in [-0.2, -0.15) is 0 Å². The molecule has 13 N–H and O–H groups in total. The van der Waals surface area contributed by atoms with E-state index in [1.807, 2.05) is 50.2 Å². The molecule has 0 unspecified atom stereocenters. The molecule has 0 radical (unpaired) electrons. The highest BCUT2D eigenvalue weighted by Crippen LogP contribution is 2.44. The van der Waals surface area contributed by atoms with Gasteiger partial charge in [0.05, 0.1) is 19.3 Å². The standard InChI is InChI=1S/C30H33N3O5.C9H17NO3.C8H16N2O3.C7H9NO/c1-18(2)27(29(36)31-19(3)28(35)32-21-14-12-20(16-34)13-15-21)33-30(37)38-17-26-24-10-6-4-8-22(24)23-9-5-7-11-25(23)26;1-5(2)6(3)8(11)10-7(4)9(12)13;1-4(2)6(9)7(11)10-5(3)8(12)13;8-7-3-1-6(5-9)2-4-7/h4-15,18-19,26-27,34H,16-17H2,1-3H3,(H,31,36)(H,32,35)(H,33,37);5-7H,1-4H3,(H,10,11)(H,12,13);4-6H,9H2,1-3H3,(H,10,11)(H,12,13);1-4,9H,5,8H2/t19-,27-;6-,7-;5-,6-;/m000./s1. The maximum absolute atomic E-state index is 13.0. The van der Waals surface area contributed by atoms with Crippen molar-refractivity contribution in [1.29, 1.82) is 0 Å². The van der Waals surface area contributed by atoms with E-state index in [1.54, 1.807) is 90.1 Å². The quantitative estimate of drug-likeness (QED) is 0.0559. The Morgan fingerprint density at radius 1 is 0.534 bits per heavy atom. The summed E-state index contributed by atoms with van der Waals surface area (Å²) in [5, 5.41) is 47.6. The zero-order valence-corrected chi connectivity index (χ0v) is 43.3. The molecule has 5 rings (SSSR count). The minimum atomic E-state index is -1.07. The molecule has 1 aliphatic carbocycles. The van der Waals surface area contributed by atoms with Crippen LogP contribution in [-0.4, -0.2) is 98.9 Å². The van der Waals surface area contributed by atoms with Crippen LogP contribution in [0.15, 0.2) is 97.1 Å². The van der Waals surface area contributed by atoms with Gasteiger partial charge < -0.3 is 63.2 Å². The van der Waals surface area contributed by atoms with Crippen molar-refractivity contribution in [3.63, 3.8) is 0 Å². The number of carbonyl (C=O) groups is 7. The monoisotopic (exact) mass is 1010 g/mol. The first-order valence-electron chi connectivity index (χ1n) is 24.0. The van der Waals surface area contributed by atoms with E-state index in [0.29, 0.717) is 5.69 Å². The van der Waals surface area contributed by atoms with Gasteiger partial charge >= 0.3 is 18.0 Å². The number of aliphatic hydroxyl groups excluding tert-OH is 2. The van der Waals surface area contributed by atoms with Gasteiger partial charge in [0.25, 0.3) is 0 Å². The molecular formula is C54H75N7O12. The van der Waals surface area contributed by atoms with Gasteiger partial charge in [0.2, 0.25) is 23.6 Å². The molecule has 6 atom stereocenters. The number of fused-ring (bicyclic) bond motifs is 3. The summed E-state index contributed by atoms with van der Waals surface area (Å²) in [6.07, 6.45) is -0.693. The number of rotatable bonds is 18. The van der Waals surface area contributed by atoms with Crippen molar-refractivity contribution in [1.82, 2.24) is 21.3 Å². The Hall–Kier alpha value is -7.35. The molecule has 398 valence electrons. The zero-order chi connectivity index (χ0) is 55.1. The number of nitrogens with two attached hydrogens (primary N) is 2. The molecule has 0 bridgehead atoms. The minimum Gasteiger partial charge on any atom is -0.480 e. The van der Waals surface area contributed by atoms with Crippen molar-refractivity contribution in [2.75, 3.05) is 17.7 Å². The molecule has 0 spiro atoms. The van der Waals surface area contributed by atoms with Crippen LogP contribution in [0.25, 0.3) is 11.1 Å². The largest absolute Gasteiger partial charge is 0.480 e. The molecule has 4 aromatic rings. The van der Waals surface area contributed by atoms with Gasteiger partial charge in [0.15, 0.2) is 0 Å². The normalized spacial score (nSPS) is 13.7. The maximum atomic E-state index is 13.0. The number of nitrogen functional groups attached to an aromatic ring is 1. The van der Waals surface area contributed by atoms with E-state index in [2.05, 4.69) is 38.7 Å². The van der Waals surface area contributed by atoms with Crippen LogP contribution in [0.1, 0.15) is 97.4 Å². The average Bonchev–Trinajstić information content (AvgIpc) is 3.68. The second-order valence-electron chi connectivity index (χ2n) is 18.6. The van der Waals surface area contributed by atoms with E-state index in [-0.39, 0.29) is 55.3 Å². The number of aliphatic carboxylic acids is 2. The lowest BCUT2D eigenvalue weighted by atomic mass is 9.97. The molecule has 1 aliphatic rings. The lowest BCUT2D eigenvalue weighted by Crippen LogP contribution is -2.53. The van der Waals surface area contributed by atoms with E-state index < -0.39 is 66.0 Å². The minimum absolute atomic E-state index is 0.000921. The van der Waals surface area contributed by atoms with Gasteiger partial charge in [0, 0.05) is 23.2 Å². The molecule has 0 aliphatic heterocycles. The molecule has 0 heterocycles. The Labute approximate surface area is 427 Å². The Morgan fingerprint density at radius 3 is 1.40 bits per heavy atom. The Balaban J connectivity index is 0.000000422.